The van der Waals surface area contributed by atoms with Crippen molar-refractivity contribution >= 4 is 11.6 Å². The van der Waals surface area contributed by atoms with Crippen LogP contribution in [0, 0.1) is 0 Å². The first-order valence-corrected chi connectivity index (χ1v) is 10.6. The smallest absolute Gasteiger partial charge is 0.238 e. The maximum Gasteiger partial charge on any atom is 0.238 e. The molecule has 2 aromatic rings. The summed E-state index contributed by atoms with van der Waals surface area (Å²) in [4.78, 5) is 12.2. The van der Waals surface area contributed by atoms with Crippen LogP contribution >= 0.6 is 0 Å². The van der Waals surface area contributed by atoms with E-state index in [1.54, 1.807) is 0 Å². The molecule has 2 N–H and O–H groups in total. The Morgan fingerprint density at radius 3 is 2.46 bits per heavy atom. The summed E-state index contributed by atoms with van der Waals surface area (Å²) in [5.74, 6) is 0.692. The maximum absolute atomic E-state index is 12.2. The summed E-state index contributed by atoms with van der Waals surface area (Å²) >= 11 is 0. The molecule has 0 heterocycles. The minimum atomic E-state index is -0.0334. The second kappa shape index (κ2) is 13.8. The molecule has 28 heavy (non-hydrogen) atoms. The van der Waals surface area contributed by atoms with Crippen LogP contribution in [0.5, 0.6) is 5.75 Å². The van der Waals surface area contributed by atoms with Crippen molar-refractivity contribution < 1.29 is 9.53 Å². The van der Waals surface area contributed by atoms with Gasteiger partial charge in [0.05, 0.1) is 18.8 Å². The van der Waals surface area contributed by atoms with E-state index in [-0.39, 0.29) is 5.91 Å². The topological polar surface area (TPSA) is 50.4 Å². The van der Waals surface area contributed by atoms with Gasteiger partial charge in [-0.15, -0.1) is 0 Å². The zero-order valence-corrected chi connectivity index (χ0v) is 17.1. The fourth-order valence-corrected chi connectivity index (χ4v) is 3.05. The molecule has 0 atom stereocenters. The van der Waals surface area contributed by atoms with Crippen LogP contribution in [-0.4, -0.2) is 25.6 Å². The third kappa shape index (κ3) is 9.05. The van der Waals surface area contributed by atoms with Crippen molar-refractivity contribution in [1.82, 2.24) is 5.32 Å². The third-order valence-electron chi connectivity index (χ3n) is 4.61. The van der Waals surface area contributed by atoms with Crippen molar-refractivity contribution in [1.29, 1.82) is 0 Å². The normalized spacial score (nSPS) is 10.6. The molecule has 0 aliphatic heterocycles. The van der Waals surface area contributed by atoms with Crippen molar-refractivity contribution in [3.05, 3.63) is 60.2 Å². The molecule has 4 heteroatoms. The monoisotopic (exact) mass is 382 g/mol. The number of hydrogen-bond acceptors (Lipinski definition) is 3. The number of para-hydroxylation sites is 2. The van der Waals surface area contributed by atoms with Crippen LogP contribution in [0.1, 0.15) is 51.0 Å². The Bertz CT molecular complexity index is 673. The molecule has 1 amide bonds. The molecule has 0 unspecified atom stereocenters. The van der Waals surface area contributed by atoms with Crippen LogP contribution < -0.4 is 15.4 Å². The quantitative estimate of drug-likeness (QED) is 0.442. The lowest BCUT2D eigenvalue weighted by molar-refractivity contribution is -0.115. The van der Waals surface area contributed by atoms with Gasteiger partial charge in [-0.1, -0.05) is 75.1 Å². The summed E-state index contributed by atoms with van der Waals surface area (Å²) < 4.78 is 5.91. The van der Waals surface area contributed by atoms with Gasteiger partial charge in [0.1, 0.15) is 5.75 Å². The Morgan fingerprint density at radius 2 is 1.64 bits per heavy atom. The lowest BCUT2D eigenvalue weighted by atomic mass is 10.1. The number of hydrogen-bond donors (Lipinski definition) is 2. The first kappa shape index (κ1) is 22.0. The molecule has 0 aliphatic rings. The number of rotatable bonds is 14. The van der Waals surface area contributed by atoms with Crippen LogP contribution in [-0.2, 0) is 11.2 Å². The van der Waals surface area contributed by atoms with Gasteiger partial charge in [0.2, 0.25) is 5.91 Å². The second-order valence-electron chi connectivity index (χ2n) is 7.07. The van der Waals surface area contributed by atoms with Gasteiger partial charge in [-0.05, 0) is 43.5 Å². The highest BCUT2D eigenvalue weighted by molar-refractivity contribution is 5.93. The van der Waals surface area contributed by atoms with E-state index in [1.165, 1.54) is 31.2 Å². The number of unbranched alkanes of at least 4 members (excludes halogenated alkanes) is 4. The van der Waals surface area contributed by atoms with E-state index in [9.17, 15) is 4.79 Å². The van der Waals surface area contributed by atoms with E-state index in [2.05, 4.69) is 41.8 Å². The summed E-state index contributed by atoms with van der Waals surface area (Å²) in [5, 5.41) is 6.17. The molecule has 0 saturated carbocycles. The highest BCUT2D eigenvalue weighted by Gasteiger charge is 2.07. The van der Waals surface area contributed by atoms with Gasteiger partial charge in [0, 0.05) is 0 Å². The fraction of sp³-hybridized carbons (Fsp3) is 0.458. The molecule has 2 aromatic carbocycles. The lowest BCUT2D eigenvalue weighted by Gasteiger charge is -2.13. The van der Waals surface area contributed by atoms with Gasteiger partial charge >= 0.3 is 0 Å². The number of benzene rings is 2. The summed E-state index contributed by atoms with van der Waals surface area (Å²) in [6, 6.07) is 18.0. The molecule has 0 bridgehead atoms. The minimum Gasteiger partial charge on any atom is -0.491 e. The van der Waals surface area contributed by atoms with E-state index in [0.717, 1.165) is 37.2 Å². The Hall–Kier alpha value is -2.33. The average molecular weight is 383 g/mol. The van der Waals surface area contributed by atoms with Crippen molar-refractivity contribution in [3.8, 4) is 5.75 Å². The molecule has 152 valence electrons. The molecule has 0 fully saturated rings. The van der Waals surface area contributed by atoms with E-state index in [0.29, 0.717) is 13.2 Å². The van der Waals surface area contributed by atoms with Crippen molar-refractivity contribution in [2.24, 2.45) is 0 Å². The third-order valence-corrected chi connectivity index (χ3v) is 4.61. The first-order chi connectivity index (χ1) is 13.8. The van der Waals surface area contributed by atoms with Gasteiger partial charge < -0.3 is 15.4 Å². The predicted molar refractivity (Wildman–Crippen MR) is 117 cm³/mol. The highest BCUT2D eigenvalue weighted by atomic mass is 16.5. The van der Waals surface area contributed by atoms with Gasteiger partial charge in [-0.25, -0.2) is 0 Å². The van der Waals surface area contributed by atoms with Crippen molar-refractivity contribution in [2.45, 2.75) is 51.9 Å². The van der Waals surface area contributed by atoms with E-state index in [1.807, 2.05) is 30.3 Å². The zero-order chi connectivity index (χ0) is 19.9. The van der Waals surface area contributed by atoms with Gasteiger partial charge in [0.15, 0.2) is 0 Å². The Labute approximate surface area is 169 Å². The van der Waals surface area contributed by atoms with Crippen LogP contribution in [0.3, 0.4) is 0 Å². The molecule has 0 saturated heterocycles. The number of aryl methyl sites for hydroxylation is 1. The number of carbonyl (C=O) groups is 1. The molecule has 0 spiro atoms. The maximum atomic E-state index is 12.2. The summed E-state index contributed by atoms with van der Waals surface area (Å²) in [6.45, 7) is 4.05. The highest BCUT2D eigenvalue weighted by Crippen LogP contribution is 2.23. The van der Waals surface area contributed by atoms with Crippen molar-refractivity contribution in [3.63, 3.8) is 0 Å². The number of nitrogens with one attached hydrogen (secondary N) is 2. The molecule has 4 nitrogen and oxygen atoms in total. The summed E-state index contributed by atoms with van der Waals surface area (Å²) in [6.07, 6.45) is 8.09. The van der Waals surface area contributed by atoms with E-state index >= 15 is 0 Å². The molecular formula is C24H34N2O2. The van der Waals surface area contributed by atoms with Gasteiger partial charge in [-0.3, -0.25) is 4.79 Å². The number of anilines is 1. The second-order valence-corrected chi connectivity index (χ2v) is 7.07. The molecule has 0 radical (unpaired) electrons. The summed E-state index contributed by atoms with van der Waals surface area (Å²) in [5.41, 5.74) is 2.05. The largest absolute Gasteiger partial charge is 0.491 e. The lowest BCUT2D eigenvalue weighted by Crippen LogP contribution is -2.28. The number of carbonyl (C=O) groups excluding carboxylic acids is 1. The molecule has 0 aromatic heterocycles. The standard InChI is InChI=1S/C24H34N2O2/c1-2-3-4-5-11-18-25-20-24(27)26-22-16-9-10-17-23(22)28-19-12-15-21-13-7-6-8-14-21/h6-10,13-14,16-17,25H,2-5,11-12,15,18-20H2,1H3,(H,26,27). The first-order valence-electron chi connectivity index (χ1n) is 10.6. The number of ether oxygens (including phenoxy) is 1. The van der Waals surface area contributed by atoms with E-state index < -0.39 is 0 Å². The van der Waals surface area contributed by atoms with Crippen LogP contribution in [0.25, 0.3) is 0 Å². The SMILES string of the molecule is CCCCCCCNCC(=O)Nc1ccccc1OCCCc1ccccc1. The minimum absolute atomic E-state index is 0.0334. The van der Waals surface area contributed by atoms with Gasteiger partial charge in [0.25, 0.3) is 0 Å². The van der Waals surface area contributed by atoms with Crippen LogP contribution in [0.2, 0.25) is 0 Å². The predicted octanol–water partition coefficient (Wildman–Crippen LogP) is 5.20. The molecule has 0 aliphatic carbocycles. The van der Waals surface area contributed by atoms with E-state index in [4.69, 9.17) is 4.74 Å². The van der Waals surface area contributed by atoms with Crippen LogP contribution in [0.15, 0.2) is 54.6 Å². The average Bonchev–Trinajstić information content (AvgIpc) is 2.72. The van der Waals surface area contributed by atoms with Crippen molar-refractivity contribution in [2.75, 3.05) is 25.0 Å². The number of amides is 1. The Balaban J connectivity index is 1.67. The van der Waals surface area contributed by atoms with Crippen LogP contribution in [0.4, 0.5) is 5.69 Å². The zero-order valence-electron chi connectivity index (χ0n) is 17.1. The Morgan fingerprint density at radius 1 is 0.893 bits per heavy atom. The summed E-state index contributed by atoms with van der Waals surface area (Å²) in [7, 11) is 0. The molecule has 2 rings (SSSR count). The molecular weight excluding hydrogens is 348 g/mol. The van der Waals surface area contributed by atoms with Gasteiger partial charge in [-0.2, -0.15) is 0 Å². The Kier molecular flexibility index (Phi) is 10.8. The fourth-order valence-electron chi connectivity index (χ4n) is 3.05.